The van der Waals surface area contributed by atoms with E-state index in [-0.39, 0.29) is 11.8 Å². The molecule has 1 aliphatic heterocycles. The fourth-order valence-electron chi connectivity index (χ4n) is 5.27. The molecular formula is C31H37N5O2. The van der Waals surface area contributed by atoms with Crippen LogP contribution in [0.4, 0.5) is 0 Å². The van der Waals surface area contributed by atoms with Crippen molar-refractivity contribution in [3.05, 3.63) is 83.8 Å². The highest BCUT2D eigenvalue weighted by Gasteiger charge is 2.37. The topological polar surface area (TPSA) is 87.2 Å². The van der Waals surface area contributed by atoms with Crippen molar-refractivity contribution in [3.8, 4) is 11.3 Å². The minimum atomic E-state index is -0.519. The number of benzene rings is 2. The fourth-order valence-corrected chi connectivity index (χ4v) is 5.27. The zero-order chi connectivity index (χ0) is 26.3. The molecular weight excluding hydrogens is 474 g/mol. The quantitative estimate of drug-likeness (QED) is 0.392. The standard InChI is InChI=1S/C31H37N5O2/c1-22-7-9-23(10-8-22)26-20-28(26)33-15-5-6-27(31(38)36-18-3-2-4-19-36)35-30(37)25-13-11-24(12-14-25)29-21-32-16-17-34-29/h7-14,16-17,21,26-28,33H,2-6,15,18-20H2,1H3,(H,35,37)/t26-,27-,28+/m0/s1. The van der Waals surface area contributed by atoms with Crippen LogP contribution in [0.1, 0.15) is 65.9 Å². The predicted molar refractivity (Wildman–Crippen MR) is 149 cm³/mol. The summed E-state index contributed by atoms with van der Waals surface area (Å²) in [6, 6.07) is 16.1. The highest BCUT2D eigenvalue weighted by molar-refractivity contribution is 5.97. The van der Waals surface area contributed by atoms with Gasteiger partial charge in [0.05, 0.1) is 11.9 Å². The van der Waals surface area contributed by atoms with Crippen LogP contribution in [0.25, 0.3) is 11.3 Å². The molecule has 1 aliphatic carbocycles. The summed E-state index contributed by atoms with van der Waals surface area (Å²) in [7, 11) is 0. The van der Waals surface area contributed by atoms with Crippen LogP contribution < -0.4 is 10.6 Å². The molecule has 2 N–H and O–H groups in total. The maximum atomic E-state index is 13.4. The maximum Gasteiger partial charge on any atom is 0.251 e. The molecule has 2 aromatic carbocycles. The van der Waals surface area contributed by atoms with Gasteiger partial charge in [-0.05, 0) is 69.7 Å². The van der Waals surface area contributed by atoms with Gasteiger partial charge in [0.2, 0.25) is 5.91 Å². The first-order chi connectivity index (χ1) is 18.6. The third kappa shape index (κ3) is 6.64. The Morgan fingerprint density at radius 3 is 2.47 bits per heavy atom. The second-order valence-corrected chi connectivity index (χ2v) is 10.5. The summed E-state index contributed by atoms with van der Waals surface area (Å²) in [5.74, 6) is 0.393. The van der Waals surface area contributed by atoms with Gasteiger partial charge in [0, 0.05) is 48.6 Å². The van der Waals surface area contributed by atoms with Gasteiger partial charge >= 0.3 is 0 Å². The highest BCUT2D eigenvalue weighted by Crippen LogP contribution is 2.40. The summed E-state index contributed by atoms with van der Waals surface area (Å²) in [4.78, 5) is 36.9. The molecule has 7 nitrogen and oxygen atoms in total. The Hall–Kier alpha value is -3.58. The molecule has 0 bridgehead atoms. The van der Waals surface area contributed by atoms with E-state index < -0.39 is 6.04 Å². The molecule has 5 rings (SSSR count). The molecule has 1 saturated heterocycles. The van der Waals surface area contributed by atoms with Crippen LogP contribution in [0, 0.1) is 6.92 Å². The second-order valence-electron chi connectivity index (χ2n) is 10.5. The van der Waals surface area contributed by atoms with Gasteiger partial charge in [0.1, 0.15) is 6.04 Å². The molecule has 2 aliphatic rings. The van der Waals surface area contributed by atoms with Crippen molar-refractivity contribution in [1.82, 2.24) is 25.5 Å². The van der Waals surface area contributed by atoms with Gasteiger partial charge < -0.3 is 15.5 Å². The van der Waals surface area contributed by atoms with Crippen molar-refractivity contribution in [2.24, 2.45) is 0 Å². The molecule has 3 aromatic rings. The monoisotopic (exact) mass is 511 g/mol. The largest absolute Gasteiger partial charge is 0.341 e. The van der Waals surface area contributed by atoms with Crippen molar-refractivity contribution < 1.29 is 9.59 Å². The van der Waals surface area contributed by atoms with Gasteiger partial charge in [0.25, 0.3) is 5.91 Å². The lowest BCUT2D eigenvalue weighted by Gasteiger charge is -2.31. The SMILES string of the molecule is Cc1ccc([C@@H]2C[C@H]2NCCC[C@H](NC(=O)c2ccc(-c3cnccn3)cc2)C(=O)N2CCCCC2)cc1. The molecule has 1 aromatic heterocycles. The van der Waals surface area contributed by atoms with Gasteiger partial charge in [-0.15, -0.1) is 0 Å². The van der Waals surface area contributed by atoms with E-state index in [0.29, 0.717) is 23.9 Å². The number of aryl methyl sites for hydroxylation is 1. The zero-order valence-electron chi connectivity index (χ0n) is 22.1. The summed E-state index contributed by atoms with van der Waals surface area (Å²) in [5, 5.41) is 6.70. The number of hydrogen-bond donors (Lipinski definition) is 2. The summed E-state index contributed by atoms with van der Waals surface area (Å²) >= 11 is 0. The molecule has 0 unspecified atom stereocenters. The van der Waals surface area contributed by atoms with Crippen molar-refractivity contribution in [3.63, 3.8) is 0 Å². The Balaban J connectivity index is 1.16. The van der Waals surface area contributed by atoms with Crippen molar-refractivity contribution >= 4 is 11.8 Å². The number of piperidine rings is 1. The molecule has 198 valence electrons. The van der Waals surface area contributed by atoms with E-state index >= 15 is 0 Å². The van der Waals surface area contributed by atoms with Crippen LogP contribution in [0.2, 0.25) is 0 Å². The van der Waals surface area contributed by atoms with E-state index in [2.05, 4.69) is 51.8 Å². The first-order valence-corrected chi connectivity index (χ1v) is 13.8. The van der Waals surface area contributed by atoms with Crippen LogP contribution in [0.3, 0.4) is 0 Å². The van der Waals surface area contributed by atoms with E-state index in [9.17, 15) is 9.59 Å². The van der Waals surface area contributed by atoms with E-state index in [1.807, 2.05) is 17.0 Å². The summed E-state index contributed by atoms with van der Waals surface area (Å²) in [5.41, 5.74) is 4.86. The third-order valence-corrected chi connectivity index (χ3v) is 7.65. The minimum Gasteiger partial charge on any atom is -0.341 e. The number of rotatable bonds is 10. The molecule has 0 radical (unpaired) electrons. The molecule has 0 spiro atoms. The maximum absolute atomic E-state index is 13.4. The number of nitrogens with one attached hydrogen (secondary N) is 2. The lowest BCUT2D eigenvalue weighted by Crippen LogP contribution is -2.50. The number of nitrogens with zero attached hydrogens (tertiary/aromatic N) is 3. The first kappa shape index (κ1) is 26.0. The van der Waals surface area contributed by atoms with Crippen molar-refractivity contribution in [1.29, 1.82) is 0 Å². The van der Waals surface area contributed by atoms with Gasteiger partial charge in [-0.1, -0.05) is 42.0 Å². The smallest absolute Gasteiger partial charge is 0.251 e. The average Bonchev–Trinajstić information content (AvgIpc) is 3.75. The van der Waals surface area contributed by atoms with Crippen LogP contribution in [-0.2, 0) is 4.79 Å². The van der Waals surface area contributed by atoms with Crippen molar-refractivity contribution in [2.45, 2.75) is 63.5 Å². The molecule has 2 fully saturated rings. The number of amides is 2. The summed E-state index contributed by atoms with van der Waals surface area (Å²) in [6.45, 7) is 4.49. The molecule has 2 heterocycles. The van der Waals surface area contributed by atoms with E-state index in [0.717, 1.165) is 63.0 Å². The van der Waals surface area contributed by atoms with Crippen molar-refractivity contribution in [2.75, 3.05) is 19.6 Å². The first-order valence-electron chi connectivity index (χ1n) is 13.8. The third-order valence-electron chi connectivity index (χ3n) is 7.65. The number of likely N-dealkylation sites (tertiary alicyclic amines) is 1. The van der Waals surface area contributed by atoms with Crippen LogP contribution in [-0.4, -0.2) is 58.4 Å². The zero-order valence-corrected chi connectivity index (χ0v) is 22.1. The molecule has 2 amide bonds. The van der Waals surface area contributed by atoms with Gasteiger partial charge in [-0.3, -0.25) is 19.6 Å². The van der Waals surface area contributed by atoms with E-state index in [4.69, 9.17) is 0 Å². The number of carbonyl (C=O) groups excluding carboxylic acids is 2. The Morgan fingerprint density at radius 2 is 1.76 bits per heavy atom. The highest BCUT2D eigenvalue weighted by atomic mass is 16.2. The Labute approximate surface area is 225 Å². The van der Waals surface area contributed by atoms with Crippen LogP contribution >= 0.6 is 0 Å². The Kier molecular flexibility index (Phi) is 8.44. The van der Waals surface area contributed by atoms with Crippen LogP contribution in [0.5, 0.6) is 0 Å². The summed E-state index contributed by atoms with van der Waals surface area (Å²) in [6.07, 6.45) is 10.8. The molecule has 38 heavy (non-hydrogen) atoms. The van der Waals surface area contributed by atoms with Gasteiger partial charge in [-0.25, -0.2) is 0 Å². The summed E-state index contributed by atoms with van der Waals surface area (Å²) < 4.78 is 0. The number of carbonyl (C=O) groups is 2. The second kappa shape index (κ2) is 12.3. The lowest BCUT2D eigenvalue weighted by atomic mass is 10.0. The minimum absolute atomic E-state index is 0.0400. The fraction of sp³-hybridized carbons (Fsp3) is 0.419. The average molecular weight is 512 g/mol. The molecule has 3 atom stereocenters. The van der Waals surface area contributed by atoms with Crippen LogP contribution in [0.15, 0.2) is 67.1 Å². The lowest BCUT2D eigenvalue weighted by molar-refractivity contribution is -0.134. The van der Waals surface area contributed by atoms with Gasteiger partial charge in [0.15, 0.2) is 0 Å². The molecule has 7 heteroatoms. The Bertz CT molecular complexity index is 1210. The normalized spacial score (nSPS) is 19.6. The molecule has 1 saturated carbocycles. The van der Waals surface area contributed by atoms with E-state index in [1.165, 1.54) is 11.1 Å². The van der Waals surface area contributed by atoms with E-state index in [1.54, 1.807) is 30.7 Å². The number of aromatic nitrogens is 2. The Morgan fingerprint density at radius 1 is 1.00 bits per heavy atom. The predicted octanol–water partition coefficient (Wildman–Crippen LogP) is 4.49. The number of hydrogen-bond acceptors (Lipinski definition) is 5. The van der Waals surface area contributed by atoms with Gasteiger partial charge in [-0.2, -0.15) is 0 Å².